The zero-order valence-corrected chi connectivity index (χ0v) is 17.0. The van der Waals surface area contributed by atoms with Crippen LogP contribution >= 0.6 is 15.9 Å². The molecule has 0 saturated carbocycles. The number of nitrogen functional groups attached to an aromatic ring is 1. The van der Waals surface area contributed by atoms with Gasteiger partial charge in [-0.3, -0.25) is 9.30 Å². The Labute approximate surface area is 162 Å². The number of morpholine rings is 1. The molecule has 0 aromatic carbocycles. The lowest BCUT2D eigenvalue weighted by atomic mass is 9.92. The molecular weight excluding hydrogens is 394 g/mol. The number of aromatic nitrogens is 3. The zero-order valence-electron chi connectivity index (χ0n) is 15.4. The van der Waals surface area contributed by atoms with Gasteiger partial charge >= 0.3 is 0 Å². The molecule has 2 aromatic rings. The molecule has 0 bridgehead atoms. The van der Waals surface area contributed by atoms with Gasteiger partial charge in [0, 0.05) is 25.0 Å². The van der Waals surface area contributed by atoms with Crippen molar-refractivity contribution in [3.05, 3.63) is 28.4 Å². The van der Waals surface area contributed by atoms with Crippen LogP contribution in [0.2, 0.25) is 0 Å². The normalized spacial score (nSPS) is 22.2. The highest BCUT2D eigenvalue weighted by Gasteiger charge is 2.26. The van der Waals surface area contributed by atoms with Crippen LogP contribution in [0.4, 0.5) is 5.82 Å². The minimum atomic E-state index is 0.305. The quantitative estimate of drug-likeness (QED) is 0.824. The van der Waals surface area contributed by atoms with E-state index in [1.807, 2.05) is 6.20 Å². The predicted molar refractivity (Wildman–Crippen MR) is 107 cm³/mol. The second-order valence-electron chi connectivity index (χ2n) is 7.43. The van der Waals surface area contributed by atoms with E-state index in [4.69, 9.17) is 15.5 Å². The Morgan fingerprint density at radius 2 is 2.08 bits per heavy atom. The van der Waals surface area contributed by atoms with Crippen molar-refractivity contribution in [2.75, 3.05) is 32.0 Å². The van der Waals surface area contributed by atoms with Crippen LogP contribution in [0, 0.1) is 0 Å². The lowest BCUT2D eigenvalue weighted by Gasteiger charge is -2.36. The zero-order chi connectivity index (χ0) is 18.3. The number of imidazole rings is 1. The summed E-state index contributed by atoms with van der Waals surface area (Å²) < 4.78 is 8.45. The molecule has 0 spiro atoms. The lowest BCUT2D eigenvalue weighted by molar-refractivity contribution is 0.0150. The first-order valence-corrected chi connectivity index (χ1v) is 10.2. The minimum absolute atomic E-state index is 0.305. The summed E-state index contributed by atoms with van der Waals surface area (Å²) in [6.45, 7) is 8.13. The predicted octanol–water partition coefficient (Wildman–Crippen LogP) is 3.47. The van der Waals surface area contributed by atoms with Gasteiger partial charge in [-0.1, -0.05) is 19.9 Å². The number of nitrogens with two attached hydrogens (primary N) is 1. The average molecular weight is 420 g/mol. The molecule has 4 rings (SSSR count). The van der Waals surface area contributed by atoms with Gasteiger partial charge in [-0.05, 0) is 40.8 Å². The van der Waals surface area contributed by atoms with Gasteiger partial charge in [0.25, 0.3) is 0 Å². The molecule has 0 radical (unpaired) electrons. The summed E-state index contributed by atoms with van der Waals surface area (Å²) in [5.74, 6) is 1.84. The van der Waals surface area contributed by atoms with E-state index in [2.05, 4.69) is 50.1 Å². The third-order valence-corrected chi connectivity index (χ3v) is 6.01. The highest BCUT2D eigenvalue weighted by molar-refractivity contribution is 9.10. The summed E-state index contributed by atoms with van der Waals surface area (Å²) in [6, 6.07) is 0.624. The molecular formula is C19H26BrN5O. The molecule has 1 aliphatic heterocycles. The number of rotatable bonds is 3. The van der Waals surface area contributed by atoms with Crippen molar-refractivity contribution < 1.29 is 4.74 Å². The number of hydrogen-bond acceptors (Lipinski definition) is 5. The third-order valence-electron chi connectivity index (χ3n) is 5.46. The fraction of sp³-hybridized carbons (Fsp3) is 0.579. The highest BCUT2D eigenvalue weighted by atomic mass is 79.9. The lowest BCUT2D eigenvalue weighted by Crippen LogP contribution is -2.44. The Kier molecular flexibility index (Phi) is 5.03. The van der Waals surface area contributed by atoms with Crippen LogP contribution in [0.5, 0.6) is 0 Å². The van der Waals surface area contributed by atoms with Crippen molar-refractivity contribution in [1.82, 2.24) is 19.3 Å². The molecule has 140 valence electrons. The van der Waals surface area contributed by atoms with Crippen molar-refractivity contribution in [3.8, 4) is 0 Å². The Bertz CT molecular complexity index is 838. The van der Waals surface area contributed by atoms with Gasteiger partial charge < -0.3 is 10.5 Å². The number of ether oxygens (including phenoxy) is 1. The van der Waals surface area contributed by atoms with Crippen molar-refractivity contribution >= 4 is 32.8 Å². The molecule has 7 heteroatoms. The summed E-state index contributed by atoms with van der Waals surface area (Å²) in [7, 11) is 0. The van der Waals surface area contributed by atoms with Crippen molar-refractivity contribution in [2.45, 2.75) is 45.1 Å². The fourth-order valence-electron chi connectivity index (χ4n) is 4.07. The van der Waals surface area contributed by atoms with E-state index < -0.39 is 0 Å². The van der Waals surface area contributed by atoms with Crippen LogP contribution in [0.25, 0.3) is 11.1 Å². The number of nitrogens with zero attached hydrogens (tertiary/aromatic N) is 4. The van der Waals surface area contributed by atoms with Gasteiger partial charge in [0.1, 0.15) is 15.9 Å². The first-order valence-electron chi connectivity index (χ1n) is 9.39. The van der Waals surface area contributed by atoms with Gasteiger partial charge in [0.15, 0.2) is 5.82 Å². The maximum Gasteiger partial charge on any atom is 0.150 e. The molecule has 6 nitrogen and oxygen atoms in total. The van der Waals surface area contributed by atoms with E-state index >= 15 is 0 Å². The van der Waals surface area contributed by atoms with Crippen LogP contribution in [-0.2, 0) is 4.74 Å². The smallest absolute Gasteiger partial charge is 0.150 e. The van der Waals surface area contributed by atoms with Gasteiger partial charge in [-0.15, -0.1) is 0 Å². The van der Waals surface area contributed by atoms with E-state index in [0.717, 1.165) is 60.8 Å². The number of halogens is 1. The topological polar surface area (TPSA) is 68.7 Å². The molecule has 0 amide bonds. The molecule has 2 N–H and O–H groups in total. The van der Waals surface area contributed by atoms with E-state index in [0.29, 0.717) is 17.8 Å². The molecule has 1 fully saturated rings. The minimum Gasteiger partial charge on any atom is -0.382 e. The second-order valence-corrected chi connectivity index (χ2v) is 8.19. The van der Waals surface area contributed by atoms with Crippen LogP contribution in [-0.4, -0.2) is 51.6 Å². The molecule has 1 saturated heterocycles. The molecule has 1 unspecified atom stereocenters. The maximum atomic E-state index is 6.15. The van der Waals surface area contributed by atoms with Crippen LogP contribution < -0.4 is 5.73 Å². The number of fused-ring (bicyclic) bond motifs is 1. The van der Waals surface area contributed by atoms with E-state index in [1.165, 1.54) is 12.0 Å². The first kappa shape index (κ1) is 17.9. The van der Waals surface area contributed by atoms with Crippen molar-refractivity contribution in [2.24, 2.45) is 0 Å². The van der Waals surface area contributed by atoms with Crippen LogP contribution in [0.3, 0.4) is 0 Å². The number of anilines is 1. The van der Waals surface area contributed by atoms with E-state index in [1.54, 1.807) is 0 Å². The molecule has 1 atom stereocenters. The molecule has 26 heavy (non-hydrogen) atoms. The third kappa shape index (κ3) is 3.17. The van der Waals surface area contributed by atoms with Gasteiger partial charge in [-0.2, -0.15) is 0 Å². The van der Waals surface area contributed by atoms with Crippen LogP contribution in [0.15, 0.2) is 16.9 Å². The van der Waals surface area contributed by atoms with Gasteiger partial charge in [0.05, 0.1) is 25.1 Å². The van der Waals surface area contributed by atoms with E-state index in [-0.39, 0.29) is 0 Å². The fourth-order valence-corrected chi connectivity index (χ4v) is 4.63. The maximum absolute atomic E-state index is 6.15. The summed E-state index contributed by atoms with van der Waals surface area (Å²) in [5, 5.41) is 0. The Morgan fingerprint density at radius 1 is 1.31 bits per heavy atom. The molecule has 3 heterocycles. The van der Waals surface area contributed by atoms with Crippen molar-refractivity contribution in [1.29, 1.82) is 0 Å². The summed E-state index contributed by atoms with van der Waals surface area (Å²) >= 11 is 3.57. The SMILES string of the molecule is CC(C)c1nc(Br)c2c(N)ncc(C3=CCC(N4CCOCC4)CC3)n12. The molecule has 2 aromatic heterocycles. The van der Waals surface area contributed by atoms with Gasteiger partial charge in [0.2, 0.25) is 0 Å². The standard InChI is InChI=1S/C19H26BrN5O/c1-12(2)19-23-17(20)16-18(21)22-11-15(25(16)19)13-3-5-14(6-4-13)24-7-9-26-10-8-24/h3,11-12,14H,4-10H2,1-2H3,(H2,21,22). The molecule has 2 aliphatic rings. The van der Waals surface area contributed by atoms with Crippen LogP contribution in [0.1, 0.15) is 50.5 Å². The highest BCUT2D eigenvalue weighted by Crippen LogP contribution is 2.34. The number of allylic oxidation sites excluding steroid dienone is 1. The largest absolute Gasteiger partial charge is 0.382 e. The summed E-state index contributed by atoms with van der Waals surface area (Å²) in [6.07, 6.45) is 7.59. The Balaban J connectivity index is 1.69. The average Bonchev–Trinajstić information content (AvgIpc) is 3.02. The Morgan fingerprint density at radius 3 is 2.73 bits per heavy atom. The monoisotopic (exact) mass is 419 g/mol. The van der Waals surface area contributed by atoms with Crippen molar-refractivity contribution in [3.63, 3.8) is 0 Å². The Hall–Kier alpha value is -1.44. The first-order chi connectivity index (χ1) is 12.6. The number of hydrogen-bond donors (Lipinski definition) is 1. The van der Waals surface area contributed by atoms with E-state index in [9.17, 15) is 0 Å². The second kappa shape index (κ2) is 7.29. The summed E-state index contributed by atoms with van der Waals surface area (Å²) in [5.41, 5.74) is 9.49. The van der Waals surface area contributed by atoms with Gasteiger partial charge in [-0.25, -0.2) is 9.97 Å². The molecule has 1 aliphatic carbocycles. The summed E-state index contributed by atoms with van der Waals surface area (Å²) in [4.78, 5) is 11.7.